The van der Waals surface area contributed by atoms with Gasteiger partial charge in [0.15, 0.2) is 0 Å². The molecule has 4 heteroatoms. The zero-order chi connectivity index (χ0) is 13.7. The Morgan fingerprint density at radius 2 is 2.16 bits per heavy atom. The van der Waals surface area contributed by atoms with Gasteiger partial charge in [-0.2, -0.15) is 5.26 Å². The van der Waals surface area contributed by atoms with Gasteiger partial charge in [-0.15, -0.1) is 0 Å². The molecule has 19 heavy (non-hydrogen) atoms. The van der Waals surface area contributed by atoms with Crippen molar-refractivity contribution in [1.82, 2.24) is 0 Å². The van der Waals surface area contributed by atoms with E-state index in [1.807, 2.05) is 12.1 Å². The van der Waals surface area contributed by atoms with E-state index in [1.54, 1.807) is 6.07 Å². The Kier molecular flexibility index (Phi) is 5.24. The lowest BCUT2D eigenvalue weighted by Crippen LogP contribution is -2.22. The van der Waals surface area contributed by atoms with Gasteiger partial charge < -0.3 is 10.4 Å². The van der Waals surface area contributed by atoms with Gasteiger partial charge in [0.2, 0.25) is 0 Å². The zero-order valence-electron chi connectivity index (χ0n) is 10.9. The summed E-state index contributed by atoms with van der Waals surface area (Å²) in [6.07, 6.45) is 5.63. The first-order valence-corrected chi connectivity index (χ1v) is 7.60. The lowest BCUT2D eigenvalue weighted by Gasteiger charge is -2.17. The molecule has 1 aromatic rings. The van der Waals surface area contributed by atoms with E-state index in [-0.39, 0.29) is 6.10 Å². The molecule has 102 valence electrons. The van der Waals surface area contributed by atoms with Gasteiger partial charge in [0.05, 0.1) is 17.4 Å². The first-order chi connectivity index (χ1) is 9.19. The van der Waals surface area contributed by atoms with Crippen LogP contribution in [-0.4, -0.2) is 17.8 Å². The minimum absolute atomic E-state index is 0.335. The summed E-state index contributed by atoms with van der Waals surface area (Å²) in [5.74, 6) is 0.678. The molecule has 1 aliphatic rings. The molecule has 1 saturated carbocycles. The highest BCUT2D eigenvalue weighted by molar-refractivity contribution is 9.10. The van der Waals surface area contributed by atoms with Crippen molar-refractivity contribution >= 4 is 21.6 Å². The quantitative estimate of drug-likeness (QED) is 0.869. The predicted octanol–water partition coefficient (Wildman–Crippen LogP) is 3.67. The molecular weight excluding hydrogens is 304 g/mol. The van der Waals surface area contributed by atoms with Crippen molar-refractivity contribution in [3.8, 4) is 6.07 Å². The molecule has 0 spiro atoms. The van der Waals surface area contributed by atoms with Gasteiger partial charge in [0.1, 0.15) is 6.07 Å². The molecule has 1 unspecified atom stereocenters. The Hall–Kier alpha value is -1.05. The van der Waals surface area contributed by atoms with E-state index in [0.717, 1.165) is 16.6 Å². The Morgan fingerprint density at radius 3 is 2.84 bits per heavy atom. The van der Waals surface area contributed by atoms with E-state index < -0.39 is 0 Å². The maximum atomic E-state index is 10.0. The number of anilines is 1. The standard InChI is InChI=1S/C15H19BrN2O/c16-13-5-6-15(12(8-13)9-17)18-10-14(19)7-11-3-1-2-4-11/h5-6,8,11,14,18-19H,1-4,7,10H2. The third-order valence-corrected chi connectivity index (χ3v) is 4.20. The van der Waals surface area contributed by atoms with Crippen molar-refractivity contribution in [1.29, 1.82) is 5.26 Å². The average molecular weight is 323 g/mol. The lowest BCUT2D eigenvalue weighted by molar-refractivity contribution is 0.155. The molecule has 3 nitrogen and oxygen atoms in total. The van der Waals surface area contributed by atoms with Crippen molar-refractivity contribution in [3.05, 3.63) is 28.2 Å². The van der Waals surface area contributed by atoms with Crippen LogP contribution in [0, 0.1) is 17.2 Å². The summed E-state index contributed by atoms with van der Waals surface area (Å²) in [5, 5.41) is 22.3. The molecule has 0 bridgehead atoms. The van der Waals surface area contributed by atoms with Gasteiger partial charge in [-0.3, -0.25) is 0 Å². The summed E-state index contributed by atoms with van der Waals surface area (Å²) in [4.78, 5) is 0. The Balaban J connectivity index is 1.86. The van der Waals surface area contributed by atoms with Crippen molar-refractivity contribution in [2.45, 2.75) is 38.2 Å². The third-order valence-electron chi connectivity index (χ3n) is 3.71. The number of nitrogens with zero attached hydrogens (tertiary/aromatic N) is 1. The van der Waals surface area contributed by atoms with E-state index in [0.29, 0.717) is 18.0 Å². The molecule has 0 aromatic heterocycles. The van der Waals surface area contributed by atoms with Gasteiger partial charge in [0.25, 0.3) is 0 Å². The second-order valence-corrected chi connectivity index (χ2v) is 6.14. The molecule has 2 rings (SSSR count). The Bertz CT molecular complexity index is 464. The van der Waals surface area contributed by atoms with E-state index >= 15 is 0 Å². The second kappa shape index (κ2) is 6.93. The maximum Gasteiger partial charge on any atom is 0.101 e. The fourth-order valence-corrected chi connectivity index (χ4v) is 3.07. The largest absolute Gasteiger partial charge is 0.391 e. The van der Waals surface area contributed by atoms with Crippen LogP contribution in [0.2, 0.25) is 0 Å². The summed E-state index contributed by atoms with van der Waals surface area (Å²) >= 11 is 3.35. The number of nitriles is 1. The zero-order valence-corrected chi connectivity index (χ0v) is 12.5. The minimum Gasteiger partial charge on any atom is -0.391 e. The van der Waals surface area contributed by atoms with Gasteiger partial charge in [-0.25, -0.2) is 0 Å². The number of aliphatic hydroxyl groups excluding tert-OH is 1. The van der Waals surface area contributed by atoms with Crippen LogP contribution in [0.5, 0.6) is 0 Å². The van der Waals surface area contributed by atoms with Crippen molar-refractivity contribution in [2.24, 2.45) is 5.92 Å². The normalized spacial score (nSPS) is 17.1. The predicted molar refractivity (Wildman–Crippen MR) is 79.9 cm³/mol. The molecule has 1 aliphatic carbocycles. The van der Waals surface area contributed by atoms with Crippen LogP contribution in [0.15, 0.2) is 22.7 Å². The van der Waals surface area contributed by atoms with Crippen LogP contribution in [0.25, 0.3) is 0 Å². The van der Waals surface area contributed by atoms with E-state index in [9.17, 15) is 5.11 Å². The van der Waals surface area contributed by atoms with Crippen molar-refractivity contribution in [2.75, 3.05) is 11.9 Å². The van der Waals surface area contributed by atoms with Crippen LogP contribution < -0.4 is 5.32 Å². The molecule has 2 N–H and O–H groups in total. The average Bonchev–Trinajstić information content (AvgIpc) is 2.90. The number of rotatable bonds is 5. The number of benzene rings is 1. The summed E-state index contributed by atoms with van der Waals surface area (Å²) in [6, 6.07) is 7.70. The van der Waals surface area contributed by atoms with E-state index in [4.69, 9.17) is 5.26 Å². The molecular formula is C15H19BrN2O. The molecule has 0 amide bonds. The Morgan fingerprint density at radius 1 is 1.42 bits per heavy atom. The maximum absolute atomic E-state index is 10.0. The molecule has 0 aliphatic heterocycles. The molecule has 0 saturated heterocycles. The summed E-state index contributed by atoms with van der Waals surface area (Å²) in [5.41, 5.74) is 1.39. The van der Waals surface area contributed by atoms with Crippen LogP contribution in [0.3, 0.4) is 0 Å². The smallest absolute Gasteiger partial charge is 0.101 e. The molecule has 1 aromatic carbocycles. The van der Waals surface area contributed by atoms with Gasteiger partial charge in [-0.1, -0.05) is 41.6 Å². The summed E-state index contributed by atoms with van der Waals surface area (Å²) in [6.45, 7) is 0.507. The second-order valence-electron chi connectivity index (χ2n) is 5.22. The van der Waals surface area contributed by atoms with Gasteiger partial charge >= 0.3 is 0 Å². The molecule has 1 fully saturated rings. The summed E-state index contributed by atoms with van der Waals surface area (Å²) in [7, 11) is 0. The van der Waals surface area contributed by atoms with Gasteiger partial charge in [0, 0.05) is 11.0 Å². The highest BCUT2D eigenvalue weighted by Gasteiger charge is 2.18. The SMILES string of the molecule is N#Cc1cc(Br)ccc1NCC(O)CC1CCCC1. The highest BCUT2D eigenvalue weighted by atomic mass is 79.9. The topological polar surface area (TPSA) is 56.0 Å². The van der Waals surface area contributed by atoms with E-state index in [2.05, 4.69) is 27.3 Å². The highest BCUT2D eigenvalue weighted by Crippen LogP contribution is 2.28. The fraction of sp³-hybridized carbons (Fsp3) is 0.533. The molecule has 0 radical (unpaired) electrons. The molecule has 1 atom stereocenters. The number of hydrogen-bond acceptors (Lipinski definition) is 3. The lowest BCUT2D eigenvalue weighted by atomic mass is 10.00. The first kappa shape index (κ1) is 14.4. The van der Waals surface area contributed by atoms with Crippen LogP contribution >= 0.6 is 15.9 Å². The van der Waals surface area contributed by atoms with Gasteiger partial charge in [-0.05, 0) is 30.5 Å². The first-order valence-electron chi connectivity index (χ1n) is 6.80. The minimum atomic E-state index is -0.335. The van der Waals surface area contributed by atoms with Crippen LogP contribution in [0.4, 0.5) is 5.69 Å². The van der Waals surface area contributed by atoms with E-state index in [1.165, 1.54) is 25.7 Å². The number of nitrogens with one attached hydrogen (secondary N) is 1. The van der Waals surface area contributed by atoms with Crippen LogP contribution in [-0.2, 0) is 0 Å². The summed E-state index contributed by atoms with van der Waals surface area (Å²) < 4.78 is 0.890. The molecule has 0 heterocycles. The van der Waals surface area contributed by atoms with Crippen molar-refractivity contribution in [3.63, 3.8) is 0 Å². The Labute approximate surface area is 122 Å². The number of hydrogen-bond donors (Lipinski definition) is 2. The van der Waals surface area contributed by atoms with Crippen molar-refractivity contribution < 1.29 is 5.11 Å². The third kappa shape index (κ3) is 4.22. The number of halogens is 1. The number of aliphatic hydroxyl groups is 1. The fourth-order valence-electron chi connectivity index (χ4n) is 2.71. The monoisotopic (exact) mass is 322 g/mol. The van der Waals surface area contributed by atoms with Crippen LogP contribution in [0.1, 0.15) is 37.7 Å².